The minimum atomic E-state index is -3.91. The number of aliphatic hydroxyl groups excluding tert-OH is 1. The summed E-state index contributed by atoms with van der Waals surface area (Å²) in [6.07, 6.45) is 9.84. The summed E-state index contributed by atoms with van der Waals surface area (Å²) in [4.78, 5) is 40.6. The number of rotatable bonds is 16. The molecule has 0 heterocycles. The number of benzene rings is 1. The Morgan fingerprint density at radius 2 is 1.44 bits per heavy atom. The van der Waals surface area contributed by atoms with Gasteiger partial charge in [0.05, 0.1) is 6.04 Å². The molecule has 242 valence electrons. The molecule has 0 aromatic heterocycles. The molecular weight excluding hydrogens is 569 g/mol. The summed E-state index contributed by atoms with van der Waals surface area (Å²) in [7, 11) is -1.49. The second-order valence-electron chi connectivity index (χ2n) is 12.6. The van der Waals surface area contributed by atoms with Crippen LogP contribution in [0, 0.1) is 17.8 Å². The molecule has 0 spiro atoms. The van der Waals surface area contributed by atoms with Gasteiger partial charge >= 0.3 is 7.60 Å². The highest BCUT2D eigenvalue weighted by molar-refractivity contribution is 7.54. The zero-order valence-electron chi connectivity index (χ0n) is 26.3. The molecule has 0 saturated heterocycles. The van der Waals surface area contributed by atoms with Gasteiger partial charge in [0.25, 0.3) is 0 Å². The van der Waals surface area contributed by atoms with Gasteiger partial charge in [-0.25, -0.2) is 0 Å². The van der Waals surface area contributed by atoms with Gasteiger partial charge in [-0.2, -0.15) is 0 Å². The molecule has 2 unspecified atom stereocenters. The number of amides is 3. The highest BCUT2D eigenvalue weighted by atomic mass is 31.2. The fourth-order valence-electron chi connectivity index (χ4n) is 6.34. The van der Waals surface area contributed by atoms with Gasteiger partial charge in [0.1, 0.15) is 12.1 Å². The molecule has 3 amide bonds. The van der Waals surface area contributed by atoms with Crippen molar-refractivity contribution in [1.29, 1.82) is 0 Å². The average molecular weight is 622 g/mol. The summed E-state index contributed by atoms with van der Waals surface area (Å²) in [5, 5.41) is 19.9. The maximum atomic E-state index is 13.8. The second kappa shape index (κ2) is 17.3. The summed E-state index contributed by atoms with van der Waals surface area (Å²) in [5.74, 6) is -2.44. The summed E-state index contributed by atoms with van der Waals surface area (Å²) in [6, 6.07) is 6.79. The fraction of sp³-hybridized carbons (Fsp3) is 0.719. The van der Waals surface area contributed by atoms with Gasteiger partial charge in [-0.05, 0) is 43.1 Å². The third-order valence-corrected chi connectivity index (χ3v) is 10.8. The van der Waals surface area contributed by atoms with E-state index in [4.69, 9.17) is 9.05 Å². The van der Waals surface area contributed by atoms with Crippen LogP contribution in [0.4, 0.5) is 0 Å². The molecule has 4 N–H and O–H groups in total. The van der Waals surface area contributed by atoms with Crippen molar-refractivity contribution in [1.82, 2.24) is 16.0 Å². The van der Waals surface area contributed by atoms with E-state index in [1.54, 1.807) is 0 Å². The lowest BCUT2D eigenvalue weighted by molar-refractivity contribution is -0.133. The van der Waals surface area contributed by atoms with E-state index in [-0.39, 0.29) is 30.1 Å². The number of hydrogen-bond donors (Lipinski definition) is 4. The van der Waals surface area contributed by atoms with Crippen LogP contribution in [-0.4, -0.2) is 61.0 Å². The van der Waals surface area contributed by atoms with E-state index in [9.17, 15) is 24.1 Å². The summed E-state index contributed by atoms with van der Waals surface area (Å²) < 4.78 is 23.3. The van der Waals surface area contributed by atoms with Gasteiger partial charge in [-0.15, -0.1) is 0 Å². The fourth-order valence-corrected chi connectivity index (χ4v) is 7.56. The van der Waals surface area contributed by atoms with Crippen molar-refractivity contribution >= 4 is 25.3 Å². The molecule has 11 heteroatoms. The highest BCUT2D eigenvalue weighted by Crippen LogP contribution is 2.52. The van der Waals surface area contributed by atoms with Crippen LogP contribution in [-0.2, 0) is 34.4 Å². The Kier molecular flexibility index (Phi) is 14.2. The van der Waals surface area contributed by atoms with Crippen LogP contribution in [0.2, 0.25) is 0 Å². The number of carbonyl (C=O) groups is 3. The zero-order chi connectivity index (χ0) is 31.4. The summed E-state index contributed by atoms with van der Waals surface area (Å²) >= 11 is 0. The highest BCUT2D eigenvalue weighted by Gasteiger charge is 2.41. The van der Waals surface area contributed by atoms with Crippen molar-refractivity contribution in [3.63, 3.8) is 0 Å². The Bertz CT molecular complexity index is 1070. The quantitative estimate of drug-likeness (QED) is 0.196. The van der Waals surface area contributed by atoms with Gasteiger partial charge in [-0.3, -0.25) is 18.9 Å². The predicted molar refractivity (Wildman–Crippen MR) is 166 cm³/mol. The van der Waals surface area contributed by atoms with Crippen LogP contribution < -0.4 is 16.0 Å². The first-order valence-corrected chi connectivity index (χ1v) is 17.5. The van der Waals surface area contributed by atoms with Crippen LogP contribution in [0.5, 0.6) is 0 Å². The van der Waals surface area contributed by atoms with Gasteiger partial charge < -0.3 is 30.1 Å². The van der Waals surface area contributed by atoms with E-state index in [2.05, 4.69) is 16.0 Å². The maximum Gasteiger partial charge on any atom is 0.360 e. The van der Waals surface area contributed by atoms with Gasteiger partial charge in [0.15, 0.2) is 5.85 Å². The Labute approximate surface area is 257 Å². The molecular formula is C32H52N3O7P. The number of hydrogen-bond acceptors (Lipinski definition) is 7. The topological polar surface area (TPSA) is 143 Å². The predicted octanol–water partition coefficient (Wildman–Crippen LogP) is 4.69. The first kappa shape index (κ1) is 35.2. The standard InChI is InChI=1S/C32H52N3O7P/c1-22(2)19-26(30(37)35-28(21-24-15-9-6-10-16-24)32(39)43(40,41-3)42-4)34-31(38)27(20-23-13-7-5-8-14-23)33-29(36)25-17-11-12-18-25/h5,7-8,13-14,22,24-28,32,39H,6,9-12,15-21H2,1-4H3,(H,33,36)(H,34,38)(H,35,37)/t26-,27-,28?,32?/m0/s1. The lowest BCUT2D eigenvalue weighted by Gasteiger charge is -2.33. The largest absolute Gasteiger partial charge is 0.379 e. The Balaban J connectivity index is 1.80. The van der Waals surface area contributed by atoms with E-state index >= 15 is 0 Å². The molecule has 2 saturated carbocycles. The monoisotopic (exact) mass is 621 g/mol. The third-order valence-electron chi connectivity index (χ3n) is 8.81. The molecule has 2 aliphatic rings. The third kappa shape index (κ3) is 10.7. The first-order valence-electron chi connectivity index (χ1n) is 15.9. The van der Waals surface area contributed by atoms with Crippen LogP contribution in [0.3, 0.4) is 0 Å². The van der Waals surface area contributed by atoms with E-state index in [1.807, 2.05) is 44.2 Å². The van der Waals surface area contributed by atoms with Crippen molar-refractivity contribution in [3.05, 3.63) is 35.9 Å². The van der Waals surface area contributed by atoms with Crippen LogP contribution >= 0.6 is 7.60 Å². The van der Waals surface area contributed by atoms with E-state index in [0.29, 0.717) is 12.8 Å². The van der Waals surface area contributed by atoms with Crippen molar-refractivity contribution in [2.75, 3.05) is 14.2 Å². The molecule has 0 radical (unpaired) electrons. The molecule has 0 bridgehead atoms. The maximum absolute atomic E-state index is 13.8. The SMILES string of the molecule is COP(=O)(OC)C(O)C(CC1CCCCC1)NC(=O)[C@H](CC(C)C)NC(=O)[C@H](Cc1ccccc1)NC(=O)C1CCCC1. The molecule has 4 atom stereocenters. The lowest BCUT2D eigenvalue weighted by atomic mass is 9.85. The molecule has 43 heavy (non-hydrogen) atoms. The normalized spacial score (nSPS) is 19.4. The molecule has 10 nitrogen and oxygen atoms in total. The zero-order valence-corrected chi connectivity index (χ0v) is 27.2. The lowest BCUT2D eigenvalue weighted by Crippen LogP contribution is -2.57. The number of carbonyl (C=O) groups excluding carboxylic acids is 3. The van der Waals surface area contributed by atoms with Gasteiger partial charge in [-0.1, -0.05) is 89.1 Å². The Morgan fingerprint density at radius 3 is 2.02 bits per heavy atom. The van der Waals surface area contributed by atoms with E-state index in [0.717, 1.165) is 63.4 Å². The van der Waals surface area contributed by atoms with Crippen LogP contribution in [0.15, 0.2) is 30.3 Å². The number of aliphatic hydroxyl groups is 1. The molecule has 2 aliphatic carbocycles. The first-order chi connectivity index (χ1) is 20.6. The van der Waals surface area contributed by atoms with Crippen molar-refractivity contribution in [2.24, 2.45) is 17.8 Å². The minimum absolute atomic E-state index is 0.0578. The van der Waals surface area contributed by atoms with Crippen molar-refractivity contribution in [2.45, 2.75) is 115 Å². The molecule has 1 aromatic rings. The van der Waals surface area contributed by atoms with Crippen LogP contribution in [0.1, 0.15) is 90.0 Å². The number of nitrogens with one attached hydrogen (secondary N) is 3. The molecule has 3 rings (SSSR count). The van der Waals surface area contributed by atoms with Crippen molar-refractivity contribution in [3.8, 4) is 0 Å². The van der Waals surface area contributed by atoms with Gasteiger partial charge in [0, 0.05) is 26.6 Å². The Hall–Kier alpha value is -2.26. The summed E-state index contributed by atoms with van der Waals surface area (Å²) in [6.45, 7) is 3.91. The van der Waals surface area contributed by atoms with E-state index < -0.39 is 43.4 Å². The Morgan fingerprint density at radius 1 is 0.860 bits per heavy atom. The second-order valence-corrected chi connectivity index (χ2v) is 14.9. The molecule has 0 aliphatic heterocycles. The smallest absolute Gasteiger partial charge is 0.360 e. The van der Waals surface area contributed by atoms with Gasteiger partial charge in [0.2, 0.25) is 17.7 Å². The molecule has 2 fully saturated rings. The van der Waals surface area contributed by atoms with E-state index in [1.165, 1.54) is 14.2 Å². The minimum Gasteiger partial charge on any atom is -0.379 e. The molecule has 1 aromatic carbocycles. The average Bonchev–Trinajstić information content (AvgIpc) is 3.55. The van der Waals surface area contributed by atoms with Crippen LogP contribution in [0.25, 0.3) is 0 Å². The van der Waals surface area contributed by atoms with Crippen molar-refractivity contribution < 1.29 is 33.1 Å². The summed E-state index contributed by atoms with van der Waals surface area (Å²) in [5.41, 5.74) is 0.893.